The van der Waals surface area contributed by atoms with Crippen LogP contribution >= 0.6 is 0 Å². The van der Waals surface area contributed by atoms with E-state index >= 15 is 0 Å². The van der Waals surface area contributed by atoms with Crippen LogP contribution in [0.5, 0.6) is 0 Å². The van der Waals surface area contributed by atoms with Crippen LogP contribution in [0.15, 0.2) is 0 Å². The molecule has 0 aliphatic heterocycles. The van der Waals surface area contributed by atoms with Gasteiger partial charge in [0, 0.05) is 13.1 Å². The maximum absolute atomic E-state index is 6.01. The summed E-state index contributed by atoms with van der Waals surface area (Å²) in [5, 5.41) is 1.94. The maximum atomic E-state index is 6.01. The van der Waals surface area contributed by atoms with Gasteiger partial charge in [-0.2, -0.15) is 0 Å². The number of rotatable bonds is 14. The van der Waals surface area contributed by atoms with Crippen LogP contribution in [0.3, 0.4) is 0 Å². The number of hydrazine groups is 1. The third-order valence-corrected chi connectivity index (χ3v) is 5.27. The standard InChI is InChI=1S/C20H44N2/c1-7-13-19(22(6)21)17-18(9-3)14-11-10-12-16-20(4,5)15-8-2/h18-19H,7-17,21H2,1-6H3. The molecule has 0 saturated heterocycles. The monoisotopic (exact) mass is 312 g/mol. The lowest BCUT2D eigenvalue weighted by Crippen LogP contribution is -2.38. The number of unbranched alkanes of at least 4 members (excludes halogenated alkanes) is 2. The number of nitrogens with two attached hydrogens (primary N) is 1. The van der Waals surface area contributed by atoms with Crippen LogP contribution in [-0.4, -0.2) is 18.1 Å². The van der Waals surface area contributed by atoms with Crippen molar-refractivity contribution in [2.75, 3.05) is 7.05 Å². The molecule has 2 atom stereocenters. The van der Waals surface area contributed by atoms with Gasteiger partial charge in [-0.25, -0.2) is 5.01 Å². The van der Waals surface area contributed by atoms with Gasteiger partial charge >= 0.3 is 0 Å². The predicted molar refractivity (Wildman–Crippen MR) is 101 cm³/mol. The Kier molecular flexibility index (Phi) is 12.3. The molecular weight excluding hydrogens is 268 g/mol. The average molecular weight is 313 g/mol. The zero-order valence-electron chi connectivity index (χ0n) is 16.5. The second kappa shape index (κ2) is 12.4. The number of nitrogens with zero attached hydrogens (tertiary/aromatic N) is 1. The van der Waals surface area contributed by atoms with Crippen molar-refractivity contribution in [3.8, 4) is 0 Å². The molecule has 0 spiro atoms. The second-order valence-electron chi connectivity index (χ2n) is 8.13. The topological polar surface area (TPSA) is 29.3 Å². The van der Waals surface area contributed by atoms with Crippen LogP contribution < -0.4 is 5.84 Å². The summed E-state index contributed by atoms with van der Waals surface area (Å²) in [7, 11) is 2.03. The molecule has 0 aromatic heterocycles. The summed E-state index contributed by atoms with van der Waals surface area (Å²) >= 11 is 0. The largest absolute Gasteiger partial charge is 0.269 e. The summed E-state index contributed by atoms with van der Waals surface area (Å²) < 4.78 is 0. The van der Waals surface area contributed by atoms with Crippen LogP contribution in [0.4, 0.5) is 0 Å². The fraction of sp³-hybridized carbons (Fsp3) is 1.00. The quantitative estimate of drug-likeness (QED) is 0.237. The third kappa shape index (κ3) is 10.6. The normalized spacial score (nSPS) is 15.3. The molecule has 0 aliphatic carbocycles. The van der Waals surface area contributed by atoms with E-state index in [-0.39, 0.29) is 0 Å². The summed E-state index contributed by atoms with van der Waals surface area (Å²) in [6.07, 6.45) is 14.7. The van der Waals surface area contributed by atoms with Crippen LogP contribution in [-0.2, 0) is 0 Å². The van der Waals surface area contributed by atoms with Crippen LogP contribution in [0.1, 0.15) is 105 Å². The summed E-state index contributed by atoms with van der Waals surface area (Å²) in [6, 6.07) is 0.568. The first-order valence-corrected chi connectivity index (χ1v) is 9.83. The zero-order valence-corrected chi connectivity index (χ0v) is 16.5. The van der Waals surface area contributed by atoms with Crippen molar-refractivity contribution in [2.45, 2.75) is 111 Å². The highest BCUT2D eigenvalue weighted by Crippen LogP contribution is 2.30. The van der Waals surface area contributed by atoms with Crippen LogP contribution in [0.25, 0.3) is 0 Å². The minimum Gasteiger partial charge on any atom is -0.269 e. The first kappa shape index (κ1) is 21.9. The summed E-state index contributed by atoms with van der Waals surface area (Å²) in [6.45, 7) is 11.8. The van der Waals surface area contributed by atoms with Gasteiger partial charge in [-0.05, 0) is 37.0 Å². The molecule has 0 radical (unpaired) electrons. The van der Waals surface area contributed by atoms with E-state index in [0.717, 1.165) is 5.92 Å². The molecule has 0 bridgehead atoms. The molecule has 22 heavy (non-hydrogen) atoms. The van der Waals surface area contributed by atoms with Gasteiger partial charge < -0.3 is 0 Å². The lowest BCUT2D eigenvalue weighted by atomic mass is 9.82. The molecule has 2 nitrogen and oxygen atoms in total. The molecule has 2 heteroatoms. The molecule has 2 N–H and O–H groups in total. The van der Waals surface area contributed by atoms with Crippen LogP contribution in [0.2, 0.25) is 0 Å². The van der Waals surface area contributed by atoms with E-state index in [1.165, 1.54) is 70.6 Å². The zero-order chi connectivity index (χ0) is 17.0. The summed E-state index contributed by atoms with van der Waals surface area (Å²) in [5.74, 6) is 6.86. The highest BCUT2D eigenvalue weighted by Gasteiger charge is 2.18. The van der Waals surface area contributed by atoms with Gasteiger partial charge in [0.2, 0.25) is 0 Å². The van der Waals surface area contributed by atoms with Crippen molar-refractivity contribution < 1.29 is 0 Å². The van der Waals surface area contributed by atoms with Gasteiger partial charge in [0.25, 0.3) is 0 Å². The van der Waals surface area contributed by atoms with Gasteiger partial charge in [-0.3, -0.25) is 5.84 Å². The predicted octanol–water partition coefficient (Wildman–Crippen LogP) is 6.15. The maximum Gasteiger partial charge on any atom is 0.0240 e. The molecule has 0 rings (SSSR count). The van der Waals surface area contributed by atoms with Gasteiger partial charge in [-0.15, -0.1) is 0 Å². The van der Waals surface area contributed by atoms with Crippen molar-refractivity contribution >= 4 is 0 Å². The Labute approximate surface area is 141 Å². The van der Waals surface area contributed by atoms with Crippen LogP contribution in [0, 0.1) is 11.3 Å². The lowest BCUT2D eigenvalue weighted by molar-refractivity contribution is 0.189. The Morgan fingerprint density at radius 1 is 0.909 bits per heavy atom. The molecule has 0 aromatic carbocycles. The fourth-order valence-electron chi connectivity index (χ4n) is 3.71. The molecule has 134 valence electrons. The fourth-order valence-corrected chi connectivity index (χ4v) is 3.71. The molecule has 0 amide bonds. The molecule has 0 saturated carbocycles. The van der Waals surface area contributed by atoms with E-state index in [2.05, 4.69) is 34.6 Å². The van der Waals surface area contributed by atoms with Crippen molar-refractivity contribution in [3.63, 3.8) is 0 Å². The van der Waals surface area contributed by atoms with Gasteiger partial charge in [0.15, 0.2) is 0 Å². The summed E-state index contributed by atoms with van der Waals surface area (Å²) in [5.41, 5.74) is 0.549. The molecule has 0 aromatic rings. The van der Waals surface area contributed by atoms with E-state index in [1.807, 2.05) is 12.1 Å². The Morgan fingerprint density at radius 3 is 2.09 bits per heavy atom. The first-order valence-electron chi connectivity index (χ1n) is 9.83. The Morgan fingerprint density at radius 2 is 1.59 bits per heavy atom. The smallest absolute Gasteiger partial charge is 0.0240 e. The minimum atomic E-state index is 0.549. The van der Waals surface area contributed by atoms with Crippen molar-refractivity contribution in [1.29, 1.82) is 0 Å². The highest BCUT2D eigenvalue weighted by atomic mass is 15.4. The molecule has 2 unspecified atom stereocenters. The SMILES string of the molecule is CCCC(CC(CC)CCCCCC(C)(C)CCC)N(C)N. The highest BCUT2D eigenvalue weighted by molar-refractivity contribution is 4.71. The molecule has 0 fully saturated rings. The van der Waals surface area contributed by atoms with E-state index in [4.69, 9.17) is 5.84 Å². The first-order chi connectivity index (χ1) is 10.4. The van der Waals surface area contributed by atoms with E-state index < -0.39 is 0 Å². The van der Waals surface area contributed by atoms with Gasteiger partial charge in [-0.1, -0.05) is 79.6 Å². The van der Waals surface area contributed by atoms with Crippen molar-refractivity contribution in [1.82, 2.24) is 5.01 Å². The lowest BCUT2D eigenvalue weighted by Gasteiger charge is -2.28. The Balaban J connectivity index is 3.95. The number of hydrogen-bond acceptors (Lipinski definition) is 2. The molecular formula is C20H44N2. The average Bonchev–Trinajstić information content (AvgIpc) is 2.44. The van der Waals surface area contributed by atoms with E-state index in [1.54, 1.807) is 0 Å². The van der Waals surface area contributed by atoms with E-state index in [0.29, 0.717) is 11.5 Å². The van der Waals surface area contributed by atoms with Crippen molar-refractivity contribution in [2.24, 2.45) is 17.2 Å². The van der Waals surface area contributed by atoms with Gasteiger partial charge in [0.1, 0.15) is 0 Å². The third-order valence-electron chi connectivity index (χ3n) is 5.27. The summed E-state index contributed by atoms with van der Waals surface area (Å²) in [4.78, 5) is 0. The van der Waals surface area contributed by atoms with Gasteiger partial charge in [0.05, 0.1) is 0 Å². The molecule has 0 aliphatic rings. The second-order valence-corrected chi connectivity index (χ2v) is 8.13. The van der Waals surface area contributed by atoms with Crippen molar-refractivity contribution in [3.05, 3.63) is 0 Å². The number of hydrogen-bond donors (Lipinski definition) is 1. The Bertz CT molecular complexity index is 248. The molecule has 0 heterocycles. The Hall–Kier alpha value is -0.0800. The van der Waals surface area contributed by atoms with E-state index in [9.17, 15) is 0 Å². The minimum absolute atomic E-state index is 0.549.